The van der Waals surface area contributed by atoms with Gasteiger partial charge in [-0.05, 0) is 68.5 Å². The summed E-state index contributed by atoms with van der Waals surface area (Å²) in [4.78, 5) is 32.7. The monoisotopic (exact) mass is 475 g/mol. The van der Waals surface area contributed by atoms with Gasteiger partial charge in [0, 0.05) is 30.9 Å². The first-order chi connectivity index (χ1) is 16.8. The lowest BCUT2D eigenvalue weighted by Crippen LogP contribution is -2.51. The zero-order valence-electron chi connectivity index (χ0n) is 21.3. The zero-order chi connectivity index (χ0) is 25.4. The SMILES string of the molecule is C=C1CN(C(=O)c2cc(OC(C)C)ccn2)C(C(=O)Nc2ccc(CCCCC)cc2)CC1=CC. The standard InChI is InChI=1S/C29H37N3O3/c1-6-8-9-10-22-11-13-24(14-12-22)31-28(33)27-17-23(7-2)21(5)19-32(27)29(34)26-18-25(15-16-30-26)35-20(3)4/h7,11-16,18,20,27H,5-6,8-10,17,19H2,1-4H3,(H,31,33). The lowest BCUT2D eigenvalue weighted by Gasteiger charge is -2.37. The molecule has 0 spiro atoms. The Balaban J connectivity index is 1.78. The van der Waals surface area contributed by atoms with Crippen LogP contribution in [0.25, 0.3) is 0 Å². The van der Waals surface area contributed by atoms with E-state index >= 15 is 0 Å². The molecule has 6 heteroatoms. The van der Waals surface area contributed by atoms with Crippen LogP contribution in [-0.2, 0) is 11.2 Å². The minimum Gasteiger partial charge on any atom is -0.491 e. The fraction of sp³-hybridized carbons (Fsp3) is 0.414. The summed E-state index contributed by atoms with van der Waals surface area (Å²) in [6, 6.07) is 10.6. The molecule has 1 atom stereocenters. The average molecular weight is 476 g/mol. The molecular formula is C29H37N3O3. The molecule has 35 heavy (non-hydrogen) atoms. The Morgan fingerprint density at radius 1 is 1.23 bits per heavy atom. The molecule has 0 bridgehead atoms. The van der Waals surface area contributed by atoms with Crippen LogP contribution in [0.3, 0.4) is 0 Å². The van der Waals surface area contributed by atoms with Crippen molar-refractivity contribution in [1.29, 1.82) is 0 Å². The van der Waals surface area contributed by atoms with Crippen molar-refractivity contribution in [3.05, 3.63) is 77.7 Å². The van der Waals surface area contributed by atoms with E-state index in [9.17, 15) is 9.59 Å². The summed E-state index contributed by atoms with van der Waals surface area (Å²) in [5, 5.41) is 3.00. The number of hydrogen-bond acceptors (Lipinski definition) is 4. The molecule has 0 aliphatic carbocycles. The second kappa shape index (κ2) is 12.3. The van der Waals surface area contributed by atoms with Crippen LogP contribution in [0.15, 0.2) is 66.4 Å². The Labute approximate surface area is 209 Å². The van der Waals surface area contributed by atoms with E-state index in [2.05, 4.69) is 35.9 Å². The normalized spacial score (nSPS) is 17.1. The van der Waals surface area contributed by atoms with Gasteiger partial charge in [-0.3, -0.25) is 14.6 Å². The second-order valence-corrected chi connectivity index (χ2v) is 9.26. The summed E-state index contributed by atoms with van der Waals surface area (Å²) in [5.41, 5.74) is 4.04. The number of rotatable bonds is 9. The maximum absolute atomic E-state index is 13.5. The summed E-state index contributed by atoms with van der Waals surface area (Å²) in [6.07, 6.45) is 8.50. The highest BCUT2D eigenvalue weighted by Crippen LogP contribution is 2.28. The van der Waals surface area contributed by atoms with Crippen molar-refractivity contribution in [3.63, 3.8) is 0 Å². The van der Waals surface area contributed by atoms with Crippen molar-refractivity contribution >= 4 is 17.5 Å². The van der Waals surface area contributed by atoms with E-state index in [-0.39, 0.29) is 30.2 Å². The Hall–Kier alpha value is -3.41. The Bertz CT molecular complexity index is 1070. The predicted molar refractivity (Wildman–Crippen MR) is 141 cm³/mol. The van der Waals surface area contributed by atoms with Crippen LogP contribution in [0.4, 0.5) is 5.69 Å². The van der Waals surface area contributed by atoms with Crippen molar-refractivity contribution < 1.29 is 14.3 Å². The molecule has 0 saturated carbocycles. The topological polar surface area (TPSA) is 71.5 Å². The van der Waals surface area contributed by atoms with E-state index in [4.69, 9.17) is 4.74 Å². The number of pyridine rings is 1. The largest absolute Gasteiger partial charge is 0.491 e. The van der Waals surface area contributed by atoms with Crippen LogP contribution in [0.2, 0.25) is 0 Å². The number of piperidine rings is 1. The molecular weight excluding hydrogens is 438 g/mol. The molecule has 1 N–H and O–H groups in total. The second-order valence-electron chi connectivity index (χ2n) is 9.26. The van der Waals surface area contributed by atoms with Gasteiger partial charge in [0.25, 0.3) is 5.91 Å². The van der Waals surface area contributed by atoms with E-state index in [1.807, 2.05) is 39.0 Å². The number of aryl methyl sites for hydroxylation is 1. The highest BCUT2D eigenvalue weighted by atomic mass is 16.5. The molecule has 2 amide bonds. The van der Waals surface area contributed by atoms with Gasteiger partial charge in [-0.1, -0.05) is 44.6 Å². The molecule has 1 unspecified atom stereocenters. The highest BCUT2D eigenvalue weighted by molar-refractivity contribution is 6.01. The maximum atomic E-state index is 13.5. The number of aromatic nitrogens is 1. The molecule has 0 radical (unpaired) electrons. The number of ether oxygens (including phenoxy) is 1. The number of benzene rings is 1. The molecule has 186 valence electrons. The van der Waals surface area contributed by atoms with Crippen molar-refractivity contribution in [3.8, 4) is 5.75 Å². The lowest BCUT2D eigenvalue weighted by atomic mass is 9.91. The maximum Gasteiger partial charge on any atom is 0.273 e. The molecule has 1 aromatic carbocycles. The Morgan fingerprint density at radius 2 is 1.97 bits per heavy atom. The third-order valence-electron chi connectivity index (χ3n) is 6.13. The number of unbranched alkanes of at least 4 members (excludes halogenated alkanes) is 2. The summed E-state index contributed by atoms with van der Waals surface area (Å²) >= 11 is 0. The van der Waals surface area contributed by atoms with Gasteiger partial charge in [-0.2, -0.15) is 0 Å². The fourth-order valence-corrected chi connectivity index (χ4v) is 4.23. The molecule has 2 heterocycles. The van der Waals surface area contributed by atoms with Crippen LogP contribution in [0.1, 0.15) is 69.4 Å². The number of anilines is 1. The molecule has 6 nitrogen and oxygen atoms in total. The molecule has 1 saturated heterocycles. The van der Waals surface area contributed by atoms with Gasteiger partial charge in [-0.25, -0.2) is 0 Å². The van der Waals surface area contributed by atoms with Gasteiger partial charge >= 0.3 is 0 Å². The number of amides is 2. The van der Waals surface area contributed by atoms with Crippen molar-refractivity contribution in [2.75, 3.05) is 11.9 Å². The highest BCUT2D eigenvalue weighted by Gasteiger charge is 2.36. The smallest absolute Gasteiger partial charge is 0.273 e. The Morgan fingerprint density at radius 3 is 2.63 bits per heavy atom. The third kappa shape index (κ3) is 7.04. The van der Waals surface area contributed by atoms with Gasteiger partial charge in [0.05, 0.1) is 6.10 Å². The number of nitrogens with one attached hydrogen (secondary N) is 1. The molecule has 1 fully saturated rings. The summed E-state index contributed by atoms with van der Waals surface area (Å²) in [7, 11) is 0. The average Bonchev–Trinajstić information content (AvgIpc) is 2.84. The number of hydrogen-bond donors (Lipinski definition) is 1. The number of likely N-dealkylation sites (tertiary alicyclic amines) is 1. The predicted octanol–water partition coefficient (Wildman–Crippen LogP) is 5.96. The van der Waals surface area contributed by atoms with Crippen molar-refractivity contribution in [1.82, 2.24) is 9.88 Å². The number of allylic oxidation sites excluding steroid dienone is 1. The van der Waals surface area contributed by atoms with Crippen molar-refractivity contribution in [2.24, 2.45) is 0 Å². The molecule has 1 aliphatic heterocycles. The Kier molecular flexibility index (Phi) is 9.24. The quantitative estimate of drug-likeness (QED) is 0.455. The summed E-state index contributed by atoms with van der Waals surface area (Å²) in [5.74, 6) is 0.0313. The zero-order valence-corrected chi connectivity index (χ0v) is 21.3. The first-order valence-corrected chi connectivity index (χ1v) is 12.5. The van der Waals surface area contributed by atoms with E-state index in [0.717, 1.165) is 29.7 Å². The van der Waals surface area contributed by atoms with Crippen LogP contribution < -0.4 is 10.1 Å². The minimum atomic E-state index is -0.667. The molecule has 1 aliphatic rings. The van der Waals surface area contributed by atoms with Gasteiger partial charge in [0.2, 0.25) is 5.91 Å². The van der Waals surface area contributed by atoms with Crippen LogP contribution in [0.5, 0.6) is 5.75 Å². The van der Waals surface area contributed by atoms with E-state index in [1.54, 1.807) is 23.2 Å². The molecule has 2 aromatic rings. The van der Waals surface area contributed by atoms with Crippen LogP contribution in [-0.4, -0.2) is 40.4 Å². The summed E-state index contributed by atoms with van der Waals surface area (Å²) in [6.45, 7) is 12.4. The minimum absolute atomic E-state index is 0.0241. The number of carbonyl (C=O) groups excluding carboxylic acids is 2. The lowest BCUT2D eigenvalue weighted by molar-refractivity contribution is -0.120. The van der Waals surface area contributed by atoms with E-state index in [0.29, 0.717) is 12.2 Å². The van der Waals surface area contributed by atoms with Crippen LogP contribution >= 0.6 is 0 Å². The van der Waals surface area contributed by atoms with Gasteiger partial charge < -0.3 is 15.0 Å². The first kappa shape index (κ1) is 26.2. The van der Waals surface area contributed by atoms with Gasteiger partial charge in [0.1, 0.15) is 17.5 Å². The van der Waals surface area contributed by atoms with E-state index in [1.165, 1.54) is 18.4 Å². The van der Waals surface area contributed by atoms with Gasteiger partial charge in [-0.15, -0.1) is 0 Å². The molecule has 1 aromatic heterocycles. The number of nitrogens with zero attached hydrogens (tertiary/aromatic N) is 2. The molecule has 3 rings (SSSR count). The van der Waals surface area contributed by atoms with E-state index < -0.39 is 6.04 Å². The van der Waals surface area contributed by atoms with Crippen molar-refractivity contribution in [2.45, 2.75) is 71.9 Å². The third-order valence-corrected chi connectivity index (χ3v) is 6.13. The fourth-order valence-electron chi connectivity index (χ4n) is 4.23. The van der Waals surface area contributed by atoms with Crippen LogP contribution in [0, 0.1) is 0 Å². The first-order valence-electron chi connectivity index (χ1n) is 12.5. The summed E-state index contributed by atoms with van der Waals surface area (Å²) < 4.78 is 5.72. The van der Waals surface area contributed by atoms with Gasteiger partial charge in [0.15, 0.2) is 0 Å². The number of carbonyl (C=O) groups is 2.